The minimum atomic E-state index is -0.855. The summed E-state index contributed by atoms with van der Waals surface area (Å²) in [5, 5.41) is 9.43. The molecular weight excluding hydrogens is 296 g/mol. The van der Waals surface area contributed by atoms with Crippen molar-refractivity contribution in [2.75, 3.05) is 18.0 Å². The molecule has 0 aliphatic carbocycles. The number of aromatic nitrogens is 1. The van der Waals surface area contributed by atoms with Gasteiger partial charge < -0.3 is 14.2 Å². The second-order valence-corrected chi connectivity index (χ2v) is 7.17. The van der Waals surface area contributed by atoms with Crippen LogP contribution in [0.25, 0.3) is 0 Å². The average molecular weight is 317 g/mol. The average Bonchev–Trinajstić information content (AvgIpc) is 2.99. The van der Waals surface area contributed by atoms with Crippen LogP contribution in [-0.4, -0.2) is 42.6 Å². The first-order valence-corrected chi connectivity index (χ1v) is 7.88. The van der Waals surface area contributed by atoms with Crippen molar-refractivity contribution in [3.05, 3.63) is 17.8 Å². The highest BCUT2D eigenvalue weighted by Crippen LogP contribution is 2.36. The first-order valence-electron chi connectivity index (χ1n) is 7.88. The Kier molecular flexibility index (Phi) is 3.85. The second-order valence-electron chi connectivity index (χ2n) is 7.17. The van der Waals surface area contributed by atoms with Crippen LogP contribution in [0.5, 0.6) is 0 Å². The van der Waals surface area contributed by atoms with Gasteiger partial charge in [-0.05, 0) is 40.2 Å². The third kappa shape index (κ3) is 2.82. The van der Waals surface area contributed by atoms with Gasteiger partial charge >= 0.3 is 7.12 Å². The van der Waals surface area contributed by atoms with Crippen molar-refractivity contribution in [3.8, 4) is 6.07 Å². The molecule has 3 heterocycles. The molecule has 2 saturated heterocycles. The van der Waals surface area contributed by atoms with E-state index in [4.69, 9.17) is 9.31 Å². The van der Waals surface area contributed by atoms with Crippen LogP contribution < -0.4 is 10.4 Å². The van der Waals surface area contributed by atoms with Crippen molar-refractivity contribution in [1.82, 2.24) is 4.98 Å². The van der Waals surface area contributed by atoms with E-state index in [0.717, 1.165) is 0 Å². The highest BCUT2D eigenvalue weighted by Gasteiger charge is 2.52. The molecule has 1 aromatic rings. The molecule has 1 aromatic heterocycles. The zero-order valence-corrected chi connectivity index (χ0v) is 14.0. The van der Waals surface area contributed by atoms with Crippen molar-refractivity contribution < 1.29 is 13.7 Å². The molecule has 0 amide bonds. The molecule has 1 atom stereocenters. The van der Waals surface area contributed by atoms with Crippen LogP contribution >= 0.6 is 0 Å². The number of hydrogen-bond acceptors (Lipinski definition) is 5. The van der Waals surface area contributed by atoms with Crippen LogP contribution in [0.4, 0.5) is 10.2 Å². The molecule has 2 aliphatic heterocycles. The van der Waals surface area contributed by atoms with Crippen molar-refractivity contribution in [2.24, 2.45) is 0 Å². The van der Waals surface area contributed by atoms with E-state index in [9.17, 15) is 9.65 Å². The largest absolute Gasteiger partial charge is 0.496 e. The lowest BCUT2D eigenvalue weighted by Gasteiger charge is -2.32. The number of hydrogen-bond donors (Lipinski definition) is 0. The number of alkyl halides is 1. The minimum absolute atomic E-state index is 0.289. The van der Waals surface area contributed by atoms with Crippen molar-refractivity contribution in [2.45, 2.75) is 51.5 Å². The minimum Gasteiger partial charge on any atom is -0.399 e. The predicted molar refractivity (Wildman–Crippen MR) is 86.4 cm³/mol. The second kappa shape index (κ2) is 5.46. The molecule has 0 radical (unpaired) electrons. The molecule has 5 nitrogen and oxygen atoms in total. The molecule has 2 fully saturated rings. The Bertz CT molecular complexity index is 643. The van der Waals surface area contributed by atoms with Gasteiger partial charge in [-0.3, -0.25) is 0 Å². The van der Waals surface area contributed by atoms with Gasteiger partial charge in [0.2, 0.25) is 0 Å². The molecule has 1 unspecified atom stereocenters. The summed E-state index contributed by atoms with van der Waals surface area (Å²) in [5.41, 5.74) is 0.241. The first kappa shape index (κ1) is 16.2. The Morgan fingerprint density at radius 1 is 1.35 bits per heavy atom. The first-order chi connectivity index (χ1) is 10.7. The molecule has 3 rings (SSSR count). The number of pyridine rings is 1. The van der Waals surface area contributed by atoms with E-state index >= 15 is 0 Å². The summed E-state index contributed by atoms with van der Waals surface area (Å²) < 4.78 is 25.4. The third-order valence-corrected chi connectivity index (χ3v) is 4.96. The Balaban J connectivity index is 1.88. The summed E-state index contributed by atoms with van der Waals surface area (Å²) in [6, 6.07) is 3.89. The lowest BCUT2D eigenvalue weighted by atomic mass is 9.79. The fourth-order valence-corrected chi connectivity index (χ4v) is 2.83. The smallest absolute Gasteiger partial charge is 0.399 e. The summed E-state index contributed by atoms with van der Waals surface area (Å²) >= 11 is 0. The molecule has 7 heteroatoms. The van der Waals surface area contributed by atoms with Gasteiger partial charge in [-0.25, -0.2) is 9.37 Å². The van der Waals surface area contributed by atoms with E-state index in [-0.39, 0.29) is 6.54 Å². The highest BCUT2D eigenvalue weighted by atomic mass is 19.1. The fourth-order valence-electron chi connectivity index (χ4n) is 2.83. The van der Waals surface area contributed by atoms with Crippen LogP contribution in [0.1, 0.15) is 39.7 Å². The van der Waals surface area contributed by atoms with Gasteiger partial charge in [0.05, 0.1) is 23.3 Å². The number of halogens is 1. The number of rotatable bonds is 2. The Morgan fingerprint density at radius 3 is 2.52 bits per heavy atom. The molecular formula is C16H21BFN3O2. The Morgan fingerprint density at radius 2 is 2.00 bits per heavy atom. The molecule has 0 aromatic carbocycles. The lowest BCUT2D eigenvalue weighted by molar-refractivity contribution is 0.00578. The molecule has 2 aliphatic rings. The van der Waals surface area contributed by atoms with Gasteiger partial charge in [-0.1, -0.05) is 0 Å². The normalized spacial score (nSPS) is 25.7. The monoisotopic (exact) mass is 317 g/mol. The van der Waals surface area contributed by atoms with Crippen LogP contribution in [0.15, 0.2) is 12.3 Å². The van der Waals surface area contributed by atoms with Crippen molar-refractivity contribution in [1.29, 1.82) is 5.26 Å². The molecule has 0 N–H and O–H groups in total. The molecule has 0 spiro atoms. The van der Waals surface area contributed by atoms with Crippen LogP contribution in [0.2, 0.25) is 0 Å². The Labute approximate surface area is 136 Å². The topological polar surface area (TPSA) is 58.4 Å². The molecule has 122 valence electrons. The maximum absolute atomic E-state index is 13.4. The maximum Gasteiger partial charge on any atom is 0.496 e. The summed E-state index contributed by atoms with van der Waals surface area (Å²) in [6.07, 6.45) is 1.28. The fraction of sp³-hybridized carbons (Fsp3) is 0.625. The van der Waals surface area contributed by atoms with Crippen molar-refractivity contribution in [3.63, 3.8) is 0 Å². The lowest BCUT2D eigenvalue weighted by Crippen LogP contribution is -2.41. The van der Waals surface area contributed by atoms with Crippen LogP contribution in [0.3, 0.4) is 0 Å². The van der Waals surface area contributed by atoms with Gasteiger partial charge in [0, 0.05) is 18.2 Å². The predicted octanol–water partition coefficient (Wildman–Crippen LogP) is 1.80. The van der Waals surface area contributed by atoms with Gasteiger partial charge in [-0.2, -0.15) is 5.26 Å². The number of anilines is 1. The van der Waals surface area contributed by atoms with E-state index < -0.39 is 24.5 Å². The van der Waals surface area contributed by atoms with Gasteiger partial charge in [-0.15, -0.1) is 0 Å². The van der Waals surface area contributed by atoms with Crippen LogP contribution in [0, 0.1) is 11.3 Å². The SMILES string of the molecule is CC1(C)OB(c2cnc(N3CCC(F)C3)c(C#N)c2)OC1(C)C. The van der Waals surface area contributed by atoms with Gasteiger partial charge in [0.1, 0.15) is 18.1 Å². The quantitative estimate of drug-likeness (QED) is 0.779. The van der Waals surface area contributed by atoms with Crippen LogP contribution in [-0.2, 0) is 9.31 Å². The van der Waals surface area contributed by atoms with E-state index in [1.165, 1.54) is 0 Å². The summed E-state index contributed by atoms with van der Waals surface area (Å²) in [4.78, 5) is 6.20. The summed E-state index contributed by atoms with van der Waals surface area (Å²) in [7, 11) is -0.554. The highest BCUT2D eigenvalue weighted by molar-refractivity contribution is 6.62. The maximum atomic E-state index is 13.4. The van der Waals surface area contributed by atoms with Crippen molar-refractivity contribution >= 4 is 18.4 Å². The summed E-state index contributed by atoms with van der Waals surface area (Å²) in [5.74, 6) is 0.535. The molecule has 0 saturated carbocycles. The third-order valence-electron chi connectivity index (χ3n) is 4.96. The standard InChI is InChI=1S/C16H21BFN3O2/c1-15(2)16(3,4)23-17(22-15)12-7-11(8-19)14(20-9-12)21-6-5-13(18)10-21/h7,9,13H,5-6,10H2,1-4H3. The van der Waals surface area contributed by atoms with E-state index in [2.05, 4.69) is 11.1 Å². The Hall–Kier alpha value is -1.65. The van der Waals surface area contributed by atoms with Gasteiger partial charge in [0.15, 0.2) is 0 Å². The van der Waals surface area contributed by atoms with E-state index in [1.807, 2.05) is 32.6 Å². The van der Waals surface area contributed by atoms with E-state index in [0.29, 0.717) is 29.8 Å². The number of nitrogens with zero attached hydrogens (tertiary/aromatic N) is 3. The zero-order chi connectivity index (χ0) is 16.8. The molecule has 0 bridgehead atoms. The van der Waals surface area contributed by atoms with Gasteiger partial charge in [0.25, 0.3) is 0 Å². The van der Waals surface area contributed by atoms with E-state index in [1.54, 1.807) is 12.3 Å². The zero-order valence-electron chi connectivity index (χ0n) is 14.0. The number of nitriles is 1. The molecule has 23 heavy (non-hydrogen) atoms. The summed E-state index contributed by atoms with van der Waals surface area (Å²) in [6.45, 7) is 8.78.